The first-order valence-corrected chi connectivity index (χ1v) is 49.4. The van der Waals surface area contributed by atoms with Crippen LogP contribution in [-0.4, -0.2) is 15.0 Å². The summed E-state index contributed by atoms with van der Waals surface area (Å²) < 4.78 is 13.3. The van der Waals surface area contributed by atoms with Gasteiger partial charge in [-0.3, -0.25) is 0 Å². The topological polar surface area (TPSA) is 74.7 Å². The number of thiazole rings is 1. The van der Waals surface area contributed by atoms with Crippen LogP contribution in [0.1, 0.15) is 0 Å². The fourth-order valence-corrected chi connectivity index (χ4v) is 20.7. The van der Waals surface area contributed by atoms with Crippen LogP contribution in [0.4, 0.5) is 51.2 Å². The zero-order valence-corrected chi connectivity index (χ0v) is 79.2. The first kappa shape index (κ1) is 86.6. The number of oxazole rings is 2. The molecule has 144 heavy (non-hydrogen) atoms. The third-order valence-corrected chi connectivity index (χ3v) is 28.4. The summed E-state index contributed by atoms with van der Waals surface area (Å²) in [7, 11) is 0. The Morgan fingerprint density at radius 1 is 0.160 bits per heavy atom. The average Bonchev–Trinajstić information content (AvgIpc) is 1.16. The third kappa shape index (κ3) is 17.8. The fraction of sp³-hybridized carbons (Fsp3) is 0. The number of fused-ring (bicyclic) bond motifs is 9. The lowest BCUT2D eigenvalue weighted by atomic mass is 9.98. The Morgan fingerprint density at radius 3 is 0.701 bits per heavy atom. The summed E-state index contributed by atoms with van der Waals surface area (Å²) >= 11 is 1.73. The van der Waals surface area contributed by atoms with Gasteiger partial charge in [0.15, 0.2) is 11.2 Å². The van der Waals surface area contributed by atoms with Crippen molar-refractivity contribution >= 4 is 160 Å². The van der Waals surface area contributed by atoms with Gasteiger partial charge in [-0.2, -0.15) is 0 Å². The molecule has 0 atom stereocenters. The van der Waals surface area contributed by atoms with Gasteiger partial charge in [0.25, 0.3) is 0 Å². The van der Waals surface area contributed by atoms with Crippen LogP contribution in [0.25, 0.3) is 197 Å². The number of nitrogens with zero attached hydrogens (tertiary/aromatic N) is 6. The SMILES string of the molecule is c1ccc2cc(-c3ccc(N(c4ccc(-c5ccc6ccccc6c5)cc4)c4ccc(-c5nc6ccccc6o5)cc4)cc3)ccc2c1.c1ccc2cc(-c3ccc(N(c4ccc(-c5ccc6ccccc6c5)cc4)c4ccc(-c5nc6ccccc6s5)cc4)cc3)ccc2c1.c1ccc2cc(-c3ccc(N(c4ccc(-c5nc6ccccc6o5)cc4)c4ccc(-c5cccc6ccccc56)cc4)cc3)ccc2c1. The summed E-state index contributed by atoms with van der Waals surface area (Å²) in [6, 6.07) is 194. The Balaban J connectivity index is 0.000000113. The van der Waals surface area contributed by atoms with Gasteiger partial charge in [-0.05, 0) is 344 Å². The largest absolute Gasteiger partial charge is 0.436 e. The van der Waals surface area contributed by atoms with Gasteiger partial charge >= 0.3 is 0 Å². The molecule has 0 unspecified atom stereocenters. The molecule has 27 rings (SSSR count). The van der Waals surface area contributed by atoms with Gasteiger partial charge in [0, 0.05) is 67.9 Å². The van der Waals surface area contributed by atoms with Crippen LogP contribution in [0.2, 0.25) is 0 Å². The van der Waals surface area contributed by atoms with E-state index in [1.807, 2.05) is 54.6 Å². The lowest BCUT2D eigenvalue weighted by Gasteiger charge is -2.26. The van der Waals surface area contributed by atoms with E-state index >= 15 is 0 Å². The van der Waals surface area contributed by atoms with Crippen molar-refractivity contribution in [2.24, 2.45) is 0 Å². The van der Waals surface area contributed by atoms with E-state index < -0.39 is 0 Å². The van der Waals surface area contributed by atoms with Crippen molar-refractivity contribution < 1.29 is 8.83 Å². The maximum absolute atomic E-state index is 6.07. The first-order chi connectivity index (χ1) is 71.3. The number of aromatic nitrogens is 3. The Labute approximate surface area is 838 Å². The highest BCUT2D eigenvalue weighted by atomic mass is 32.1. The zero-order valence-electron chi connectivity index (χ0n) is 78.4. The Morgan fingerprint density at radius 2 is 0.396 bits per heavy atom. The van der Waals surface area contributed by atoms with Crippen LogP contribution in [0.3, 0.4) is 0 Å². The monoisotopic (exact) mass is 1860 g/mol. The molecular formula is C135H90N6O2S. The van der Waals surface area contributed by atoms with E-state index in [4.69, 9.17) is 23.8 Å². The second-order valence-electron chi connectivity index (χ2n) is 36.2. The number of para-hydroxylation sites is 5. The summed E-state index contributed by atoms with van der Waals surface area (Å²) in [5, 5.41) is 16.0. The molecule has 3 aromatic heterocycles. The first-order valence-electron chi connectivity index (χ1n) is 48.6. The van der Waals surface area contributed by atoms with Crippen LogP contribution in [0, 0.1) is 0 Å². The normalized spacial score (nSPS) is 11.3. The second-order valence-corrected chi connectivity index (χ2v) is 37.3. The van der Waals surface area contributed by atoms with Crippen molar-refractivity contribution in [3.8, 4) is 100 Å². The Hall–Kier alpha value is -18.9. The highest BCUT2D eigenvalue weighted by Gasteiger charge is 2.22. The molecule has 0 aliphatic carbocycles. The van der Waals surface area contributed by atoms with Crippen molar-refractivity contribution in [1.29, 1.82) is 0 Å². The molecule has 0 fully saturated rings. The van der Waals surface area contributed by atoms with Crippen LogP contribution < -0.4 is 14.7 Å². The van der Waals surface area contributed by atoms with E-state index in [1.54, 1.807) is 11.3 Å². The van der Waals surface area contributed by atoms with E-state index in [1.165, 1.54) is 136 Å². The van der Waals surface area contributed by atoms with Crippen LogP contribution in [-0.2, 0) is 0 Å². The number of hydrogen-bond acceptors (Lipinski definition) is 9. The van der Waals surface area contributed by atoms with E-state index in [-0.39, 0.29) is 0 Å². The van der Waals surface area contributed by atoms with E-state index in [9.17, 15) is 0 Å². The number of benzene rings is 24. The molecular weight excluding hydrogens is 1770 g/mol. The third-order valence-electron chi connectivity index (χ3n) is 27.3. The van der Waals surface area contributed by atoms with Crippen molar-refractivity contribution in [3.63, 3.8) is 0 Å². The highest BCUT2D eigenvalue weighted by Crippen LogP contribution is 2.46. The molecule has 0 radical (unpaired) electrons. The molecule has 27 aromatic rings. The van der Waals surface area contributed by atoms with Gasteiger partial charge in [-0.25, -0.2) is 15.0 Å². The predicted molar refractivity (Wildman–Crippen MR) is 606 cm³/mol. The van der Waals surface area contributed by atoms with Crippen molar-refractivity contribution in [2.45, 2.75) is 0 Å². The van der Waals surface area contributed by atoms with Gasteiger partial charge in [-0.15, -0.1) is 11.3 Å². The molecule has 0 saturated carbocycles. The molecule has 24 aromatic carbocycles. The molecule has 0 amide bonds. The van der Waals surface area contributed by atoms with Crippen molar-refractivity contribution in [3.05, 3.63) is 546 Å². The van der Waals surface area contributed by atoms with E-state index in [2.05, 4.69) is 506 Å². The zero-order chi connectivity index (χ0) is 95.6. The summed E-state index contributed by atoms with van der Waals surface area (Å²) in [5.74, 6) is 1.24. The number of hydrogen-bond donors (Lipinski definition) is 0. The minimum Gasteiger partial charge on any atom is -0.436 e. The summed E-state index contributed by atoms with van der Waals surface area (Å²) in [6.07, 6.45) is 0. The fourth-order valence-electron chi connectivity index (χ4n) is 19.7. The lowest BCUT2D eigenvalue weighted by molar-refractivity contribution is 0.619. The minimum absolute atomic E-state index is 0.619. The molecule has 0 spiro atoms. The predicted octanol–water partition coefficient (Wildman–Crippen LogP) is 38.3. The minimum atomic E-state index is 0.619. The van der Waals surface area contributed by atoms with Crippen LogP contribution in [0.15, 0.2) is 555 Å². The Bertz CT molecular complexity index is 8640. The summed E-state index contributed by atoms with van der Waals surface area (Å²) in [4.78, 5) is 21.2. The van der Waals surface area contributed by atoms with Gasteiger partial charge in [0.05, 0.1) is 10.2 Å². The van der Waals surface area contributed by atoms with Gasteiger partial charge in [0.1, 0.15) is 16.0 Å². The summed E-state index contributed by atoms with van der Waals surface area (Å²) in [6.45, 7) is 0. The maximum atomic E-state index is 6.07. The average molecular weight is 1860 g/mol. The highest BCUT2D eigenvalue weighted by molar-refractivity contribution is 7.21. The van der Waals surface area contributed by atoms with Crippen LogP contribution >= 0.6 is 11.3 Å². The van der Waals surface area contributed by atoms with Crippen LogP contribution in [0.5, 0.6) is 0 Å². The van der Waals surface area contributed by atoms with Crippen molar-refractivity contribution in [1.82, 2.24) is 15.0 Å². The molecule has 678 valence electrons. The molecule has 3 heterocycles. The molecule has 0 bridgehead atoms. The van der Waals surface area contributed by atoms with Gasteiger partial charge < -0.3 is 23.5 Å². The van der Waals surface area contributed by atoms with E-state index in [0.717, 1.165) is 101 Å². The van der Waals surface area contributed by atoms with Crippen molar-refractivity contribution in [2.75, 3.05) is 14.7 Å². The summed E-state index contributed by atoms with van der Waals surface area (Å²) in [5.41, 5.74) is 31.4. The number of rotatable bonds is 18. The van der Waals surface area contributed by atoms with E-state index in [0.29, 0.717) is 11.8 Å². The molecule has 0 aliphatic heterocycles. The smallest absolute Gasteiger partial charge is 0.227 e. The molecule has 0 saturated heterocycles. The maximum Gasteiger partial charge on any atom is 0.227 e. The van der Waals surface area contributed by atoms with Gasteiger partial charge in [0.2, 0.25) is 11.8 Å². The van der Waals surface area contributed by atoms with Gasteiger partial charge in [-0.1, -0.05) is 334 Å². The lowest BCUT2D eigenvalue weighted by Crippen LogP contribution is -2.09. The number of anilines is 9. The molecule has 8 nitrogen and oxygen atoms in total. The quantitative estimate of drug-likeness (QED) is 0.0841. The molecule has 0 N–H and O–H groups in total. The second kappa shape index (κ2) is 38.5. The molecule has 0 aliphatic rings. The molecule has 9 heteroatoms. The Kier molecular flexibility index (Phi) is 23.1. The standard InChI is InChI=1S/2C45H30N2O.C45H30N2S/c1-3-9-36-29-38(15-13-31(36)7-1)33-17-23-40(24-18-33)47(42-27-21-35(22-28-42)45-46-43-11-5-6-12-44(43)48-45)41-25-19-34(20-26-41)39-16-14-32-8-2-4-10-37(32)30-39;1-2-10-36-30-37(17-16-31(36)8-1)32-18-24-38(25-19-32)47(40-28-22-35(23-29-40)45-46-43-14-5-6-15-44(43)48-45)39-26-20-34(21-27-39)42-13-7-11-33-9-3-4-12-41(33)42;1-3-9-36-29-38(15-13-31(36)7-1)33-17-23-40(24-18-33)47(42-27-21-35(22-28-42)45-46-43-11-5-6-12-44(43)48-45)41-25-19-34(20-26-41)39-16-14-32-8-2-4-10-37(32)30-39/h3*1-30H.